The predicted molar refractivity (Wildman–Crippen MR) is 102 cm³/mol. The van der Waals surface area contributed by atoms with Crippen molar-refractivity contribution in [2.24, 2.45) is 23.5 Å². The van der Waals surface area contributed by atoms with E-state index in [0.29, 0.717) is 17.9 Å². The lowest BCUT2D eigenvalue weighted by molar-refractivity contribution is -0.128. The maximum absolute atomic E-state index is 12.7. The molecule has 1 amide bonds. The summed E-state index contributed by atoms with van der Waals surface area (Å²) >= 11 is 0. The Kier molecular flexibility index (Phi) is 6.13. The second-order valence-corrected chi connectivity index (χ2v) is 8.29. The first kappa shape index (κ1) is 18.4. The number of benzene rings is 1. The van der Waals surface area contributed by atoms with Gasteiger partial charge in [0, 0.05) is 31.1 Å². The summed E-state index contributed by atoms with van der Waals surface area (Å²) in [5.41, 5.74) is 7.65. The van der Waals surface area contributed by atoms with Gasteiger partial charge in [-0.15, -0.1) is 0 Å². The van der Waals surface area contributed by atoms with Gasteiger partial charge in [-0.25, -0.2) is 0 Å². The zero-order chi connectivity index (χ0) is 17.8. The molecule has 0 radical (unpaired) electrons. The SMILES string of the molecule is CC(CN(C)Cc1ccccc1)NC(=O)C1CC2CCCC(C1)C2N. The molecule has 3 rings (SSSR count). The molecule has 0 heterocycles. The van der Waals surface area contributed by atoms with Crippen LogP contribution in [-0.2, 0) is 11.3 Å². The van der Waals surface area contributed by atoms with Gasteiger partial charge in [0.25, 0.3) is 0 Å². The molecule has 2 saturated carbocycles. The van der Waals surface area contributed by atoms with E-state index in [9.17, 15) is 4.79 Å². The lowest BCUT2D eigenvalue weighted by Crippen LogP contribution is -2.50. The van der Waals surface area contributed by atoms with Gasteiger partial charge in [-0.2, -0.15) is 0 Å². The van der Waals surface area contributed by atoms with Crippen LogP contribution < -0.4 is 11.1 Å². The second-order valence-electron chi connectivity index (χ2n) is 8.29. The van der Waals surface area contributed by atoms with Crippen molar-refractivity contribution < 1.29 is 4.79 Å². The number of nitrogens with zero attached hydrogens (tertiary/aromatic N) is 1. The Hall–Kier alpha value is -1.39. The molecule has 4 heteroatoms. The first-order valence-corrected chi connectivity index (χ1v) is 9.81. The smallest absolute Gasteiger partial charge is 0.223 e. The van der Waals surface area contributed by atoms with E-state index in [4.69, 9.17) is 5.73 Å². The molecule has 25 heavy (non-hydrogen) atoms. The van der Waals surface area contributed by atoms with E-state index in [1.54, 1.807) is 0 Å². The van der Waals surface area contributed by atoms with Gasteiger partial charge in [-0.05, 0) is 57.1 Å². The van der Waals surface area contributed by atoms with Crippen LogP contribution in [0.25, 0.3) is 0 Å². The minimum atomic E-state index is 0.164. The molecule has 3 unspecified atom stereocenters. The van der Waals surface area contributed by atoms with Crippen LogP contribution in [0.4, 0.5) is 0 Å². The number of rotatable bonds is 6. The summed E-state index contributed by atoms with van der Waals surface area (Å²) in [5, 5.41) is 3.25. The van der Waals surface area contributed by atoms with Crippen molar-refractivity contribution >= 4 is 5.91 Å². The van der Waals surface area contributed by atoms with Crippen molar-refractivity contribution in [2.45, 2.75) is 57.7 Å². The highest BCUT2D eigenvalue weighted by atomic mass is 16.1. The van der Waals surface area contributed by atoms with Crippen LogP contribution in [0.3, 0.4) is 0 Å². The van der Waals surface area contributed by atoms with E-state index in [0.717, 1.165) is 25.9 Å². The molecule has 0 spiro atoms. The number of carbonyl (C=O) groups excluding carboxylic acids is 1. The van der Waals surface area contributed by atoms with Crippen molar-refractivity contribution in [3.63, 3.8) is 0 Å². The standard InChI is InChI=1S/C21H33N3O/c1-15(13-24(2)14-16-7-4-3-5-8-16)23-21(25)19-11-17-9-6-10-18(12-19)20(17)22/h3-5,7-8,15,17-20H,6,9-14,22H2,1-2H3,(H,23,25). The number of hydrogen-bond donors (Lipinski definition) is 2. The van der Waals surface area contributed by atoms with Crippen molar-refractivity contribution in [1.82, 2.24) is 10.2 Å². The highest BCUT2D eigenvalue weighted by molar-refractivity contribution is 5.79. The third-order valence-electron chi connectivity index (χ3n) is 6.05. The zero-order valence-electron chi connectivity index (χ0n) is 15.7. The van der Waals surface area contributed by atoms with Gasteiger partial charge in [0.1, 0.15) is 0 Å². The molecule has 0 aliphatic heterocycles. The molecule has 0 saturated heterocycles. The number of nitrogens with two attached hydrogens (primary N) is 1. The number of fused-ring (bicyclic) bond motifs is 2. The summed E-state index contributed by atoms with van der Waals surface area (Å²) in [4.78, 5) is 15.0. The topological polar surface area (TPSA) is 58.4 Å². The Bertz CT molecular complexity index is 548. The Morgan fingerprint density at radius 3 is 2.52 bits per heavy atom. The van der Waals surface area contributed by atoms with Crippen molar-refractivity contribution in [3.8, 4) is 0 Å². The number of carbonyl (C=O) groups is 1. The summed E-state index contributed by atoms with van der Waals surface area (Å²) in [6.45, 7) is 3.87. The molecule has 2 bridgehead atoms. The van der Waals surface area contributed by atoms with Gasteiger partial charge < -0.3 is 16.0 Å². The van der Waals surface area contributed by atoms with E-state index < -0.39 is 0 Å². The van der Waals surface area contributed by atoms with Gasteiger partial charge in [0.05, 0.1) is 0 Å². The fourth-order valence-corrected chi connectivity index (χ4v) is 4.84. The maximum Gasteiger partial charge on any atom is 0.223 e. The molecule has 2 aliphatic carbocycles. The predicted octanol–water partition coefficient (Wildman–Crippen LogP) is 2.78. The second kappa shape index (κ2) is 8.33. The quantitative estimate of drug-likeness (QED) is 0.835. The van der Waals surface area contributed by atoms with Gasteiger partial charge in [0.2, 0.25) is 5.91 Å². The third kappa shape index (κ3) is 4.83. The van der Waals surface area contributed by atoms with Gasteiger partial charge in [-0.3, -0.25) is 4.79 Å². The molecular formula is C21H33N3O. The Balaban J connectivity index is 1.46. The molecular weight excluding hydrogens is 310 g/mol. The van der Waals surface area contributed by atoms with Gasteiger partial charge in [-0.1, -0.05) is 36.8 Å². The monoisotopic (exact) mass is 343 g/mol. The minimum absolute atomic E-state index is 0.164. The van der Waals surface area contributed by atoms with Crippen LogP contribution in [0.1, 0.15) is 44.6 Å². The third-order valence-corrected chi connectivity index (χ3v) is 6.05. The number of nitrogens with one attached hydrogen (secondary N) is 1. The summed E-state index contributed by atoms with van der Waals surface area (Å²) in [5.74, 6) is 1.51. The van der Waals surface area contributed by atoms with Gasteiger partial charge in [0.15, 0.2) is 0 Å². The van der Waals surface area contributed by atoms with Crippen LogP contribution in [0.15, 0.2) is 30.3 Å². The average molecular weight is 344 g/mol. The number of amides is 1. The van der Waals surface area contributed by atoms with Crippen LogP contribution in [-0.4, -0.2) is 36.5 Å². The fourth-order valence-electron chi connectivity index (χ4n) is 4.84. The molecule has 0 aromatic heterocycles. The van der Waals surface area contributed by atoms with E-state index in [1.165, 1.54) is 24.8 Å². The molecule has 1 aromatic carbocycles. The average Bonchev–Trinajstić information content (AvgIpc) is 2.55. The molecule has 2 fully saturated rings. The van der Waals surface area contributed by atoms with E-state index in [1.807, 2.05) is 6.07 Å². The largest absolute Gasteiger partial charge is 0.352 e. The van der Waals surface area contributed by atoms with Crippen LogP contribution in [0.2, 0.25) is 0 Å². The Morgan fingerprint density at radius 1 is 1.24 bits per heavy atom. The molecule has 138 valence electrons. The van der Waals surface area contributed by atoms with E-state index in [-0.39, 0.29) is 17.9 Å². The van der Waals surface area contributed by atoms with E-state index >= 15 is 0 Å². The lowest BCUT2D eigenvalue weighted by atomic mass is 9.65. The highest BCUT2D eigenvalue weighted by Crippen LogP contribution is 2.41. The first-order chi connectivity index (χ1) is 12.0. The molecule has 3 N–H and O–H groups in total. The number of likely N-dealkylation sites (N-methyl/N-ethyl adjacent to an activating group) is 1. The molecule has 2 aliphatic rings. The van der Waals surface area contributed by atoms with Crippen LogP contribution in [0.5, 0.6) is 0 Å². The van der Waals surface area contributed by atoms with E-state index in [2.05, 4.69) is 48.5 Å². The Morgan fingerprint density at radius 2 is 1.88 bits per heavy atom. The molecule has 1 aromatic rings. The summed E-state index contributed by atoms with van der Waals surface area (Å²) in [6.07, 6.45) is 5.66. The van der Waals surface area contributed by atoms with Crippen LogP contribution in [0, 0.1) is 17.8 Å². The van der Waals surface area contributed by atoms with Crippen molar-refractivity contribution in [1.29, 1.82) is 0 Å². The van der Waals surface area contributed by atoms with Crippen LogP contribution >= 0.6 is 0 Å². The van der Waals surface area contributed by atoms with Crippen molar-refractivity contribution in [2.75, 3.05) is 13.6 Å². The molecule has 4 nitrogen and oxygen atoms in total. The normalized spacial score (nSPS) is 30.1. The van der Waals surface area contributed by atoms with Gasteiger partial charge >= 0.3 is 0 Å². The highest BCUT2D eigenvalue weighted by Gasteiger charge is 2.40. The zero-order valence-corrected chi connectivity index (χ0v) is 15.7. The Labute approximate surface area is 152 Å². The minimum Gasteiger partial charge on any atom is -0.352 e. The number of hydrogen-bond acceptors (Lipinski definition) is 3. The van der Waals surface area contributed by atoms with Crippen molar-refractivity contribution in [3.05, 3.63) is 35.9 Å². The first-order valence-electron chi connectivity index (χ1n) is 9.81. The maximum atomic E-state index is 12.7. The summed E-state index contributed by atoms with van der Waals surface area (Å²) in [7, 11) is 2.11. The lowest BCUT2D eigenvalue weighted by Gasteiger charge is -2.43. The molecule has 3 atom stereocenters. The summed E-state index contributed by atoms with van der Waals surface area (Å²) in [6, 6.07) is 11.0. The summed E-state index contributed by atoms with van der Waals surface area (Å²) < 4.78 is 0. The fraction of sp³-hybridized carbons (Fsp3) is 0.667.